The molecule has 1 aromatic rings. The molecule has 0 fully saturated rings. The van der Waals surface area contributed by atoms with Gasteiger partial charge in [0.15, 0.2) is 0 Å². The zero-order valence-corrected chi connectivity index (χ0v) is 9.53. The van der Waals surface area contributed by atoms with Crippen molar-refractivity contribution in [3.8, 4) is 0 Å². The summed E-state index contributed by atoms with van der Waals surface area (Å²) in [5, 5.41) is 8.21. The number of hydrogen-bond donors (Lipinski definition) is 1. The van der Waals surface area contributed by atoms with Crippen molar-refractivity contribution >= 4 is 17.9 Å². The first-order valence-electron chi connectivity index (χ1n) is 4.24. The minimum atomic E-state index is 0.231. The van der Waals surface area contributed by atoms with Gasteiger partial charge in [-0.3, -0.25) is 5.26 Å². The van der Waals surface area contributed by atoms with Crippen LogP contribution >= 0.6 is 11.8 Å². The maximum atomic E-state index is 8.21. The van der Waals surface area contributed by atoms with Crippen LogP contribution in [-0.4, -0.2) is 24.5 Å². The van der Waals surface area contributed by atoms with Gasteiger partial charge in [0.25, 0.3) is 0 Å². The molecule has 5 nitrogen and oxygen atoms in total. The molecule has 0 aliphatic rings. The van der Waals surface area contributed by atoms with Crippen molar-refractivity contribution in [2.45, 2.75) is 11.5 Å². The molecule has 0 radical (unpaired) electrons. The fraction of sp³-hybridized carbons (Fsp3) is 0.300. The predicted octanol–water partition coefficient (Wildman–Crippen LogP) is 1.79. The molecule has 0 unspecified atom stereocenters. The summed E-state index contributed by atoms with van der Waals surface area (Å²) < 4.78 is 4.92. The van der Waals surface area contributed by atoms with Crippen LogP contribution in [0.25, 0.3) is 0 Å². The molecule has 0 bridgehead atoms. The van der Waals surface area contributed by atoms with E-state index in [9.17, 15) is 0 Å². The van der Waals surface area contributed by atoms with E-state index in [1.807, 2.05) is 24.3 Å². The number of ether oxygens (including phenoxy) is 1. The van der Waals surface area contributed by atoms with Gasteiger partial charge >= 0.3 is 6.15 Å². The Kier molecular flexibility index (Phi) is 9.59. The van der Waals surface area contributed by atoms with Gasteiger partial charge in [-0.1, -0.05) is 23.9 Å². The SMILES string of the molecule is COCSc1ccc(COO)cc1.O=C=O. The van der Waals surface area contributed by atoms with Gasteiger partial charge < -0.3 is 4.74 Å². The van der Waals surface area contributed by atoms with Gasteiger partial charge in [-0.2, -0.15) is 9.59 Å². The van der Waals surface area contributed by atoms with E-state index >= 15 is 0 Å². The monoisotopic (exact) mass is 244 g/mol. The third kappa shape index (κ3) is 7.17. The summed E-state index contributed by atoms with van der Waals surface area (Å²) in [6, 6.07) is 7.76. The summed E-state index contributed by atoms with van der Waals surface area (Å²) in [4.78, 5) is 21.4. The van der Waals surface area contributed by atoms with Crippen LogP contribution in [0.2, 0.25) is 0 Å². The van der Waals surface area contributed by atoms with Gasteiger partial charge in [-0.15, -0.1) is 0 Å². The highest BCUT2D eigenvalue weighted by Gasteiger charge is 1.94. The van der Waals surface area contributed by atoms with Crippen molar-refractivity contribution in [1.82, 2.24) is 0 Å². The highest BCUT2D eigenvalue weighted by Crippen LogP contribution is 2.18. The van der Waals surface area contributed by atoms with Gasteiger partial charge in [-0.05, 0) is 17.7 Å². The van der Waals surface area contributed by atoms with E-state index in [1.54, 1.807) is 18.9 Å². The summed E-state index contributed by atoms with van der Waals surface area (Å²) in [6.07, 6.45) is 0.250. The second-order valence-corrected chi connectivity index (χ2v) is 3.55. The first-order chi connectivity index (χ1) is 7.78. The van der Waals surface area contributed by atoms with Crippen LogP contribution in [0.5, 0.6) is 0 Å². The summed E-state index contributed by atoms with van der Waals surface area (Å²) in [5.41, 5.74) is 0.948. The van der Waals surface area contributed by atoms with Crippen molar-refractivity contribution in [3.05, 3.63) is 29.8 Å². The third-order valence-electron chi connectivity index (χ3n) is 1.50. The average molecular weight is 244 g/mol. The van der Waals surface area contributed by atoms with Crippen molar-refractivity contribution in [2.75, 3.05) is 13.0 Å². The molecule has 1 aromatic carbocycles. The van der Waals surface area contributed by atoms with Gasteiger partial charge in [0, 0.05) is 12.0 Å². The Balaban J connectivity index is 0.000000673. The van der Waals surface area contributed by atoms with E-state index in [4.69, 9.17) is 19.6 Å². The maximum absolute atomic E-state index is 8.21. The van der Waals surface area contributed by atoms with E-state index in [-0.39, 0.29) is 12.8 Å². The lowest BCUT2D eigenvalue weighted by molar-refractivity contribution is -0.253. The highest BCUT2D eigenvalue weighted by atomic mass is 32.2. The highest BCUT2D eigenvalue weighted by molar-refractivity contribution is 7.99. The first kappa shape index (κ1) is 14.8. The molecular formula is C10H12O5S. The number of thioether (sulfide) groups is 1. The lowest BCUT2D eigenvalue weighted by Gasteiger charge is -2.01. The number of carbonyl (C=O) groups excluding carboxylic acids is 2. The Bertz CT molecular complexity index is 305. The van der Waals surface area contributed by atoms with Gasteiger partial charge in [0.2, 0.25) is 0 Å². The maximum Gasteiger partial charge on any atom is 0.373 e. The normalized spacial score (nSPS) is 8.88. The molecule has 1 N–H and O–H groups in total. The van der Waals surface area contributed by atoms with E-state index in [1.165, 1.54) is 0 Å². The van der Waals surface area contributed by atoms with Crippen LogP contribution < -0.4 is 0 Å². The Morgan fingerprint density at radius 1 is 1.31 bits per heavy atom. The summed E-state index contributed by atoms with van der Waals surface area (Å²) in [7, 11) is 1.67. The Morgan fingerprint density at radius 3 is 2.31 bits per heavy atom. The number of methoxy groups -OCH3 is 1. The fourth-order valence-electron chi connectivity index (χ4n) is 0.883. The van der Waals surface area contributed by atoms with Gasteiger partial charge in [0.05, 0.1) is 5.94 Å². The van der Waals surface area contributed by atoms with Crippen LogP contribution in [0.1, 0.15) is 5.56 Å². The van der Waals surface area contributed by atoms with Gasteiger partial charge in [-0.25, -0.2) is 4.89 Å². The van der Waals surface area contributed by atoms with Crippen molar-refractivity contribution in [3.63, 3.8) is 0 Å². The molecule has 0 saturated heterocycles. The molecule has 0 heterocycles. The minimum Gasteiger partial charge on any atom is -0.374 e. The largest absolute Gasteiger partial charge is 0.374 e. The van der Waals surface area contributed by atoms with Crippen molar-refractivity contribution in [2.24, 2.45) is 0 Å². The fourth-order valence-corrected chi connectivity index (χ4v) is 1.47. The Hall–Kier alpha value is -1.17. The van der Waals surface area contributed by atoms with Gasteiger partial charge in [0.1, 0.15) is 6.61 Å². The molecule has 6 heteroatoms. The number of benzene rings is 1. The van der Waals surface area contributed by atoms with E-state index in [0.717, 1.165) is 10.5 Å². The number of hydrogen-bond acceptors (Lipinski definition) is 6. The smallest absolute Gasteiger partial charge is 0.373 e. The lowest BCUT2D eigenvalue weighted by Crippen LogP contribution is -1.87. The molecule has 0 spiro atoms. The molecular weight excluding hydrogens is 232 g/mol. The first-order valence-corrected chi connectivity index (χ1v) is 5.23. The van der Waals surface area contributed by atoms with Crippen LogP contribution in [0, 0.1) is 0 Å². The second kappa shape index (κ2) is 10.4. The summed E-state index contributed by atoms with van der Waals surface area (Å²) in [6.45, 7) is 0.231. The molecule has 16 heavy (non-hydrogen) atoms. The molecule has 0 aliphatic carbocycles. The lowest BCUT2D eigenvalue weighted by atomic mass is 10.2. The zero-order chi connectivity index (χ0) is 12.2. The molecule has 88 valence electrons. The third-order valence-corrected chi connectivity index (χ3v) is 2.46. The predicted molar refractivity (Wildman–Crippen MR) is 56.6 cm³/mol. The number of rotatable bonds is 5. The van der Waals surface area contributed by atoms with Crippen LogP contribution in [0.3, 0.4) is 0 Å². The average Bonchev–Trinajstić information content (AvgIpc) is 2.30. The standard InChI is InChI=1S/C9H12O3S.CO2/c1-11-7-13-9-4-2-8(3-5-9)6-12-10;2-1-3/h2-5,10H,6-7H2,1H3;. The molecule has 0 aliphatic heterocycles. The van der Waals surface area contributed by atoms with E-state index in [2.05, 4.69) is 4.89 Å². The van der Waals surface area contributed by atoms with Crippen molar-refractivity contribution < 1.29 is 24.5 Å². The second-order valence-electron chi connectivity index (χ2n) is 2.55. The Labute approximate surface area is 97.3 Å². The van der Waals surface area contributed by atoms with E-state index < -0.39 is 0 Å². The minimum absolute atomic E-state index is 0.231. The molecule has 1 rings (SSSR count). The van der Waals surface area contributed by atoms with Crippen LogP contribution in [-0.2, 0) is 25.8 Å². The molecule has 0 saturated carbocycles. The van der Waals surface area contributed by atoms with Crippen LogP contribution in [0.15, 0.2) is 29.2 Å². The molecule has 0 aromatic heterocycles. The van der Waals surface area contributed by atoms with Crippen molar-refractivity contribution in [1.29, 1.82) is 0 Å². The quantitative estimate of drug-likeness (QED) is 0.368. The topological polar surface area (TPSA) is 72.8 Å². The Morgan fingerprint density at radius 2 is 1.88 bits per heavy atom. The summed E-state index contributed by atoms with van der Waals surface area (Å²) in [5.74, 6) is 0.649. The molecule has 0 amide bonds. The zero-order valence-electron chi connectivity index (χ0n) is 8.71. The molecule has 0 atom stereocenters. The van der Waals surface area contributed by atoms with Crippen LogP contribution in [0.4, 0.5) is 0 Å². The van der Waals surface area contributed by atoms with E-state index in [0.29, 0.717) is 5.94 Å². The summed E-state index contributed by atoms with van der Waals surface area (Å²) >= 11 is 1.62.